The minimum atomic E-state index is -1.45. The minimum absolute atomic E-state index is 0.0553. The number of hydrogen-bond donors (Lipinski definition) is 1. The van der Waals surface area contributed by atoms with Gasteiger partial charge in [0.2, 0.25) is 0 Å². The monoisotopic (exact) mass is 336 g/mol. The van der Waals surface area contributed by atoms with E-state index in [2.05, 4.69) is 0 Å². The van der Waals surface area contributed by atoms with E-state index in [0.29, 0.717) is 11.5 Å². The predicted octanol–water partition coefficient (Wildman–Crippen LogP) is 2.08. The smallest absolute Gasteiger partial charge is 0.312 e. The fourth-order valence-corrected chi connectivity index (χ4v) is 3.42. The fourth-order valence-electron chi connectivity index (χ4n) is 3.42. The molecule has 2 rings (SSSR count). The van der Waals surface area contributed by atoms with Gasteiger partial charge in [0, 0.05) is 18.8 Å². The molecule has 0 aromatic heterocycles. The maximum Gasteiger partial charge on any atom is 0.312 e. The summed E-state index contributed by atoms with van der Waals surface area (Å²) >= 11 is 0. The molecule has 0 aliphatic heterocycles. The van der Waals surface area contributed by atoms with E-state index in [1.807, 2.05) is 0 Å². The van der Waals surface area contributed by atoms with Crippen LogP contribution in [0.1, 0.15) is 38.2 Å². The van der Waals surface area contributed by atoms with Crippen LogP contribution in [0.3, 0.4) is 0 Å². The lowest BCUT2D eigenvalue weighted by Gasteiger charge is -2.40. The molecule has 0 bridgehead atoms. The first-order chi connectivity index (χ1) is 11.3. The second-order valence-electron chi connectivity index (χ2n) is 6.23. The number of Topliss-reactive ketones (excluding diaryl/α,β-unsaturated/α-hetero) is 1. The van der Waals surface area contributed by atoms with Crippen molar-refractivity contribution in [2.24, 2.45) is 5.92 Å². The Morgan fingerprint density at radius 3 is 2.54 bits per heavy atom. The molecule has 0 amide bonds. The van der Waals surface area contributed by atoms with Crippen LogP contribution in [0.5, 0.6) is 11.5 Å². The number of hydrogen-bond acceptors (Lipinski definition) is 6. The molecule has 24 heavy (non-hydrogen) atoms. The lowest BCUT2D eigenvalue weighted by Crippen LogP contribution is -2.49. The summed E-state index contributed by atoms with van der Waals surface area (Å²) < 4.78 is 15.7. The number of aliphatic hydroxyl groups is 1. The second-order valence-corrected chi connectivity index (χ2v) is 6.23. The van der Waals surface area contributed by atoms with Gasteiger partial charge in [-0.25, -0.2) is 0 Å². The highest BCUT2D eigenvalue weighted by molar-refractivity contribution is 5.86. The van der Waals surface area contributed by atoms with Crippen molar-refractivity contribution in [3.8, 4) is 11.5 Å². The molecule has 1 N–H and O–H groups in total. The van der Waals surface area contributed by atoms with E-state index in [9.17, 15) is 14.7 Å². The first-order valence-electron chi connectivity index (χ1n) is 7.96. The zero-order valence-electron chi connectivity index (χ0n) is 14.5. The molecule has 1 aliphatic carbocycles. The van der Waals surface area contributed by atoms with Crippen LogP contribution in [0.2, 0.25) is 0 Å². The third-order valence-corrected chi connectivity index (χ3v) is 4.45. The van der Waals surface area contributed by atoms with Crippen LogP contribution < -0.4 is 9.47 Å². The van der Waals surface area contributed by atoms with Crippen molar-refractivity contribution >= 4 is 11.8 Å². The highest BCUT2D eigenvalue weighted by atomic mass is 16.5. The molecule has 1 aromatic rings. The van der Waals surface area contributed by atoms with Gasteiger partial charge in [-0.2, -0.15) is 0 Å². The van der Waals surface area contributed by atoms with Crippen LogP contribution in [-0.4, -0.2) is 43.3 Å². The molecule has 6 heteroatoms. The predicted molar refractivity (Wildman–Crippen MR) is 87.3 cm³/mol. The fraction of sp³-hybridized carbons (Fsp3) is 0.556. The molecule has 0 heterocycles. The number of ketones is 1. The van der Waals surface area contributed by atoms with Gasteiger partial charge >= 0.3 is 5.97 Å². The highest BCUT2D eigenvalue weighted by Gasteiger charge is 2.49. The van der Waals surface area contributed by atoms with Gasteiger partial charge in [-0.1, -0.05) is 6.07 Å². The van der Waals surface area contributed by atoms with Gasteiger partial charge in [0.1, 0.15) is 5.78 Å². The standard InChI is InChI=1S/C18H24O6/c1-5-24-17(20)16-13(9-12(19)10-18(16,2)21)11-6-7-14(22-3)15(8-11)23-4/h6-8,13,16,21H,5,9-10H2,1-4H3. The zero-order chi connectivity index (χ0) is 17.9. The van der Waals surface area contributed by atoms with E-state index >= 15 is 0 Å². The SMILES string of the molecule is CCOC(=O)C1C(c2ccc(OC)c(OC)c2)CC(=O)CC1(C)O. The number of esters is 1. The molecule has 0 saturated heterocycles. The number of rotatable bonds is 5. The van der Waals surface area contributed by atoms with Crippen molar-refractivity contribution < 1.29 is 28.9 Å². The van der Waals surface area contributed by atoms with Gasteiger partial charge in [0.25, 0.3) is 0 Å². The number of carbonyl (C=O) groups excluding carboxylic acids is 2. The molecule has 0 radical (unpaired) electrons. The lowest BCUT2D eigenvalue weighted by atomic mass is 9.67. The van der Waals surface area contributed by atoms with Gasteiger partial charge in [-0.3, -0.25) is 9.59 Å². The van der Waals surface area contributed by atoms with Crippen LogP contribution in [0.4, 0.5) is 0 Å². The number of methoxy groups -OCH3 is 2. The Morgan fingerprint density at radius 1 is 1.29 bits per heavy atom. The third kappa shape index (κ3) is 3.53. The number of carbonyl (C=O) groups is 2. The second kappa shape index (κ2) is 7.21. The van der Waals surface area contributed by atoms with Gasteiger partial charge in [0.15, 0.2) is 11.5 Å². The summed E-state index contributed by atoms with van der Waals surface area (Å²) in [7, 11) is 3.06. The Labute approximate surface area is 141 Å². The summed E-state index contributed by atoms with van der Waals surface area (Å²) in [5, 5.41) is 10.7. The van der Waals surface area contributed by atoms with Crippen LogP contribution in [0.15, 0.2) is 18.2 Å². The Balaban J connectivity index is 2.46. The molecular formula is C18H24O6. The lowest BCUT2D eigenvalue weighted by molar-refractivity contribution is -0.164. The number of ether oxygens (including phenoxy) is 3. The van der Waals surface area contributed by atoms with E-state index in [-0.39, 0.29) is 25.2 Å². The Hall–Kier alpha value is -2.08. The van der Waals surface area contributed by atoms with Crippen molar-refractivity contribution in [3.05, 3.63) is 23.8 Å². The van der Waals surface area contributed by atoms with Gasteiger partial charge in [0.05, 0.1) is 32.3 Å². The summed E-state index contributed by atoms with van der Waals surface area (Å²) in [5.41, 5.74) is -0.710. The summed E-state index contributed by atoms with van der Waals surface area (Å²) in [6, 6.07) is 5.25. The maximum absolute atomic E-state index is 12.4. The average Bonchev–Trinajstić information content (AvgIpc) is 2.52. The highest BCUT2D eigenvalue weighted by Crippen LogP contribution is 2.44. The molecule has 3 atom stereocenters. The normalized spacial score (nSPS) is 26.8. The molecule has 1 aromatic carbocycles. The third-order valence-electron chi connectivity index (χ3n) is 4.45. The summed E-state index contributed by atoms with van der Waals surface area (Å²) in [4.78, 5) is 24.5. The molecule has 0 spiro atoms. The maximum atomic E-state index is 12.4. The van der Waals surface area contributed by atoms with Crippen LogP contribution in [-0.2, 0) is 14.3 Å². The largest absolute Gasteiger partial charge is 0.493 e. The minimum Gasteiger partial charge on any atom is -0.493 e. The van der Waals surface area contributed by atoms with Gasteiger partial charge in [-0.05, 0) is 31.5 Å². The molecule has 3 unspecified atom stereocenters. The Morgan fingerprint density at radius 2 is 1.96 bits per heavy atom. The summed E-state index contributed by atoms with van der Waals surface area (Å²) in [5.74, 6) is -0.790. The van der Waals surface area contributed by atoms with E-state index in [4.69, 9.17) is 14.2 Å². The van der Waals surface area contributed by atoms with E-state index in [1.54, 1.807) is 25.1 Å². The average molecular weight is 336 g/mol. The Kier molecular flexibility index (Phi) is 5.49. The summed E-state index contributed by atoms with van der Waals surface area (Å²) in [6.45, 7) is 3.45. The van der Waals surface area contributed by atoms with Crippen molar-refractivity contribution in [1.29, 1.82) is 0 Å². The molecule has 6 nitrogen and oxygen atoms in total. The van der Waals surface area contributed by atoms with Crippen LogP contribution in [0.25, 0.3) is 0 Å². The summed E-state index contributed by atoms with van der Waals surface area (Å²) in [6.07, 6.45) is 0.120. The molecular weight excluding hydrogens is 312 g/mol. The molecule has 1 saturated carbocycles. The van der Waals surface area contributed by atoms with Gasteiger partial charge in [-0.15, -0.1) is 0 Å². The van der Waals surface area contributed by atoms with Crippen molar-refractivity contribution in [1.82, 2.24) is 0 Å². The molecule has 1 aliphatic rings. The zero-order valence-corrected chi connectivity index (χ0v) is 14.5. The van der Waals surface area contributed by atoms with Crippen molar-refractivity contribution in [2.45, 2.75) is 38.2 Å². The molecule has 132 valence electrons. The van der Waals surface area contributed by atoms with E-state index in [1.165, 1.54) is 21.1 Å². The Bertz CT molecular complexity index is 622. The van der Waals surface area contributed by atoms with Crippen LogP contribution in [0, 0.1) is 5.92 Å². The van der Waals surface area contributed by atoms with Gasteiger partial charge < -0.3 is 19.3 Å². The quantitative estimate of drug-likeness (QED) is 0.829. The van der Waals surface area contributed by atoms with E-state index < -0.39 is 23.4 Å². The molecule has 1 fully saturated rings. The van der Waals surface area contributed by atoms with Crippen LogP contribution >= 0.6 is 0 Å². The van der Waals surface area contributed by atoms with Crippen molar-refractivity contribution in [2.75, 3.05) is 20.8 Å². The first-order valence-corrected chi connectivity index (χ1v) is 7.96. The van der Waals surface area contributed by atoms with Crippen molar-refractivity contribution in [3.63, 3.8) is 0 Å². The first kappa shape index (κ1) is 18.3. The topological polar surface area (TPSA) is 82.1 Å². The van der Waals surface area contributed by atoms with E-state index in [0.717, 1.165) is 5.56 Å². The number of benzene rings is 1.